The predicted molar refractivity (Wildman–Crippen MR) is 94.8 cm³/mol. The Bertz CT molecular complexity index is 773. The summed E-state index contributed by atoms with van der Waals surface area (Å²) >= 11 is 1.45. The van der Waals surface area contributed by atoms with Crippen LogP contribution in [-0.2, 0) is 11.3 Å². The number of aromatic nitrogens is 2. The third-order valence-corrected chi connectivity index (χ3v) is 4.40. The second kappa shape index (κ2) is 7.96. The molecule has 0 aliphatic heterocycles. The number of hydrogen-bond donors (Lipinski definition) is 2. The molecule has 0 saturated heterocycles. The maximum Gasteiger partial charge on any atom is 0.240 e. The van der Waals surface area contributed by atoms with Gasteiger partial charge in [-0.15, -0.1) is 0 Å². The molecule has 0 aliphatic rings. The first-order chi connectivity index (χ1) is 11.7. The quantitative estimate of drug-likeness (QED) is 0.688. The van der Waals surface area contributed by atoms with Crippen molar-refractivity contribution in [2.24, 2.45) is 0 Å². The molecule has 2 heterocycles. The first kappa shape index (κ1) is 16.5. The van der Waals surface area contributed by atoms with Gasteiger partial charge in [0.15, 0.2) is 5.13 Å². The minimum atomic E-state index is -0.147. The molecule has 0 aliphatic carbocycles. The molecule has 0 saturated carbocycles. The van der Waals surface area contributed by atoms with Crippen LogP contribution in [0.5, 0.6) is 0 Å². The first-order valence-corrected chi connectivity index (χ1v) is 8.44. The number of nitrogens with one attached hydrogen (secondary N) is 1. The Balaban J connectivity index is 1.62. The molecule has 24 heavy (non-hydrogen) atoms. The number of hydrogen-bond acceptors (Lipinski definition) is 6. The van der Waals surface area contributed by atoms with Crippen LogP contribution in [0, 0.1) is 0 Å². The number of anilines is 1. The minimum absolute atomic E-state index is 0.00528. The van der Waals surface area contributed by atoms with Crippen molar-refractivity contribution in [3.05, 3.63) is 54.4 Å². The summed E-state index contributed by atoms with van der Waals surface area (Å²) in [6, 6.07) is 11.6. The molecule has 0 bridgehead atoms. The first-order valence-electron chi connectivity index (χ1n) is 7.62. The highest BCUT2D eigenvalue weighted by atomic mass is 32.1. The van der Waals surface area contributed by atoms with Gasteiger partial charge in [0.2, 0.25) is 5.91 Å². The number of amides is 1. The van der Waals surface area contributed by atoms with E-state index in [2.05, 4.69) is 15.3 Å². The van der Waals surface area contributed by atoms with Crippen LogP contribution >= 0.6 is 11.3 Å². The third kappa shape index (κ3) is 4.35. The summed E-state index contributed by atoms with van der Waals surface area (Å²) in [6.07, 6.45) is 3.47. The van der Waals surface area contributed by atoms with Gasteiger partial charge in [-0.3, -0.25) is 14.7 Å². The molecule has 0 spiro atoms. The summed E-state index contributed by atoms with van der Waals surface area (Å²) in [5, 5.41) is 12.6. The van der Waals surface area contributed by atoms with E-state index >= 15 is 0 Å². The van der Waals surface area contributed by atoms with Crippen molar-refractivity contribution in [1.82, 2.24) is 14.9 Å². The number of benzene rings is 1. The van der Waals surface area contributed by atoms with Gasteiger partial charge in [-0.1, -0.05) is 29.5 Å². The molecule has 3 aromatic rings. The summed E-state index contributed by atoms with van der Waals surface area (Å²) in [7, 11) is 0. The maximum atomic E-state index is 12.3. The van der Waals surface area contributed by atoms with Gasteiger partial charge < -0.3 is 10.4 Å². The Hall–Kier alpha value is -2.35. The Morgan fingerprint density at radius 2 is 2.12 bits per heavy atom. The highest BCUT2D eigenvalue weighted by Gasteiger charge is 2.13. The number of aliphatic hydroxyl groups is 1. The van der Waals surface area contributed by atoms with Crippen LogP contribution in [0.25, 0.3) is 10.2 Å². The van der Waals surface area contributed by atoms with E-state index in [0.717, 1.165) is 15.8 Å². The smallest absolute Gasteiger partial charge is 0.240 e. The zero-order valence-corrected chi connectivity index (χ0v) is 13.9. The van der Waals surface area contributed by atoms with Crippen molar-refractivity contribution in [3.63, 3.8) is 0 Å². The average molecular weight is 342 g/mol. The minimum Gasteiger partial charge on any atom is -0.395 e. The van der Waals surface area contributed by atoms with Crippen LogP contribution in [0.4, 0.5) is 5.13 Å². The normalized spacial score (nSPS) is 11.1. The van der Waals surface area contributed by atoms with Crippen LogP contribution in [0.3, 0.4) is 0 Å². The fourth-order valence-electron chi connectivity index (χ4n) is 2.39. The van der Waals surface area contributed by atoms with Gasteiger partial charge in [-0.05, 0) is 23.8 Å². The third-order valence-electron chi connectivity index (χ3n) is 3.45. The Kier molecular flexibility index (Phi) is 5.47. The van der Waals surface area contributed by atoms with Crippen molar-refractivity contribution in [2.75, 3.05) is 25.0 Å². The topological polar surface area (TPSA) is 78.4 Å². The largest absolute Gasteiger partial charge is 0.395 e. The van der Waals surface area contributed by atoms with Crippen LogP contribution in [0.1, 0.15) is 5.56 Å². The SMILES string of the molecule is O=C(CN(CCO)Cc1cccnc1)Nc1nc2ccccc2s1. The van der Waals surface area contributed by atoms with Crippen molar-refractivity contribution in [2.45, 2.75) is 6.54 Å². The number of thiazole rings is 1. The summed E-state index contributed by atoms with van der Waals surface area (Å²) in [5.74, 6) is -0.147. The Labute approximate surface area is 143 Å². The van der Waals surface area contributed by atoms with E-state index in [-0.39, 0.29) is 19.1 Å². The standard InChI is InChI=1S/C17H18N4O2S/c22-9-8-21(11-13-4-3-7-18-10-13)12-16(23)20-17-19-14-5-1-2-6-15(14)24-17/h1-7,10,22H,8-9,11-12H2,(H,19,20,23). The van der Waals surface area contributed by atoms with E-state index in [0.29, 0.717) is 18.2 Å². The second-order valence-corrected chi connectivity index (χ2v) is 6.36. The molecule has 124 valence electrons. The van der Waals surface area contributed by atoms with Gasteiger partial charge >= 0.3 is 0 Å². The molecule has 1 amide bonds. The zero-order valence-electron chi connectivity index (χ0n) is 13.1. The number of aliphatic hydroxyl groups excluding tert-OH is 1. The van der Waals surface area contributed by atoms with Gasteiger partial charge in [0.25, 0.3) is 0 Å². The number of nitrogens with zero attached hydrogens (tertiary/aromatic N) is 3. The van der Waals surface area contributed by atoms with Gasteiger partial charge in [0.1, 0.15) is 0 Å². The van der Waals surface area contributed by atoms with Gasteiger partial charge in [-0.25, -0.2) is 4.98 Å². The molecule has 0 unspecified atom stereocenters. The summed E-state index contributed by atoms with van der Waals surface area (Å²) in [5.41, 5.74) is 1.87. The zero-order chi connectivity index (χ0) is 16.8. The van der Waals surface area contributed by atoms with Gasteiger partial charge in [-0.2, -0.15) is 0 Å². The number of carbonyl (C=O) groups excluding carboxylic acids is 1. The fourth-order valence-corrected chi connectivity index (χ4v) is 3.27. The lowest BCUT2D eigenvalue weighted by atomic mass is 10.2. The van der Waals surface area contributed by atoms with Crippen molar-refractivity contribution >= 4 is 32.6 Å². The van der Waals surface area contributed by atoms with Crippen molar-refractivity contribution in [1.29, 1.82) is 0 Å². The molecular formula is C17H18N4O2S. The van der Waals surface area contributed by atoms with E-state index in [1.54, 1.807) is 12.4 Å². The molecule has 1 aromatic carbocycles. The summed E-state index contributed by atoms with van der Waals surface area (Å²) < 4.78 is 1.04. The lowest BCUT2D eigenvalue weighted by Gasteiger charge is -2.20. The fraction of sp³-hybridized carbons (Fsp3) is 0.235. The number of fused-ring (bicyclic) bond motifs is 1. The molecule has 0 radical (unpaired) electrons. The Morgan fingerprint density at radius 1 is 1.25 bits per heavy atom. The van der Waals surface area contributed by atoms with E-state index in [1.165, 1.54) is 11.3 Å². The van der Waals surface area contributed by atoms with Crippen LogP contribution < -0.4 is 5.32 Å². The van der Waals surface area contributed by atoms with Crippen molar-refractivity contribution < 1.29 is 9.90 Å². The molecular weight excluding hydrogens is 324 g/mol. The highest BCUT2D eigenvalue weighted by molar-refractivity contribution is 7.22. The van der Waals surface area contributed by atoms with E-state index in [4.69, 9.17) is 0 Å². The molecule has 2 aromatic heterocycles. The second-order valence-electron chi connectivity index (χ2n) is 5.33. The van der Waals surface area contributed by atoms with E-state index in [1.807, 2.05) is 41.3 Å². The van der Waals surface area contributed by atoms with E-state index < -0.39 is 0 Å². The number of carbonyl (C=O) groups is 1. The molecule has 7 heteroatoms. The van der Waals surface area contributed by atoms with Gasteiger partial charge in [0, 0.05) is 25.5 Å². The molecule has 3 rings (SSSR count). The number of pyridine rings is 1. The van der Waals surface area contributed by atoms with Crippen LogP contribution in [-0.4, -0.2) is 45.6 Å². The summed E-state index contributed by atoms with van der Waals surface area (Å²) in [6.45, 7) is 1.16. The maximum absolute atomic E-state index is 12.3. The lowest BCUT2D eigenvalue weighted by Crippen LogP contribution is -2.34. The van der Waals surface area contributed by atoms with E-state index in [9.17, 15) is 9.90 Å². The average Bonchev–Trinajstić information content (AvgIpc) is 2.98. The molecule has 0 atom stereocenters. The molecule has 0 fully saturated rings. The highest BCUT2D eigenvalue weighted by Crippen LogP contribution is 2.25. The monoisotopic (exact) mass is 342 g/mol. The molecule has 6 nitrogen and oxygen atoms in total. The number of para-hydroxylation sites is 1. The van der Waals surface area contributed by atoms with Crippen molar-refractivity contribution in [3.8, 4) is 0 Å². The summed E-state index contributed by atoms with van der Waals surface area (Å²) in [4.78, 5) is 22.6. The lowest BCUT2D eigenvalue weighted by molar-refractivity contribution is -0.117. The van der Waals surface area contributed by atoms with Gasteiger partial charge in [0.05, 0.1) is 23.4 Å². The predicted octanol–water partition coefficient (Wildman–Crippen LogP) is 2.12. The number of rotatable bonds is 7. The Morgan fingerprint density at radius 3 is 2.88 bits per heavy atom. The van der Waals surface area contributed by atoms with Crippen LogP contribution in [0.2, 0.25) is 0 Å². The molecule has 2 N–H and O–H groups in total. The van der Waals surface area contributed by atoms with Crippen LogP contribution in [0.15, 0.2) is 48.8 Å².